The first-order valence-electron chi connectivity index (χ1n) is 7.63. The minimum absolute atomic E-state index is 0.395. The van der Waals surface area contributed by atoms with Gasteiger partial charge in [-0.25, -0.2) is 9.18 Å². The molecule has 3 aromatic rings. The number of carbonyl (C=O) groups is 2. The molecule has 132 valence electrons. The van der Waals surface area contributed by atoms with Crippen LogP contribution < -0.4 is 5.32 Å². The first kappa shape index (κ1) is 18.0. The SMILES string of the molecule is O=C(COC(=O)/C(=C/c1cccs1)c1cccs1)Nc1ccc(F)cc1. The largest absolute Gasteiger partial charge is 0.452 e. The maximum atomic E-state index is 12.9. The number of hydrogen-bond donors (Lipinski definition) is 1. The van der Waals surface area contributed by atoms with Crippen LogP contribution >= 0.6 is 22.7 Å². The molecule has 7 heteroatoms. The van der Waals surface area contributed by atoms with Gasteiger partial charge < -0.3 is 10.1 Å². The average Bonchev–Trinajstić information content (AvgIpc) is 3.33. The van der Waals surface area contributed by atoms with Gasteiger partial charge in [0.2, 0.25) is 0 Å². The molecule has 0 radical (unpaired) electrons. The normalized spacial score (nSPS) is 11.2. The average molecular weight is 387 g/mol. The van der Waals surface area contributed by atoms with Gasteiger partial charge in [0.25, 0.3) is 5.91 Å². The number of anilines is 1. The smallest absolute Gasteiger partial charge is 0.340 e. The van der Waals surface area contributed by atoms with Crippen LogP contribution in [0.1, 0.15) is 9.75 Å². The fourth-order valence-electron chi connectivity index (χ4n) is 2.12. The van der Waals surface area contributed by atoms with Crippen molar-refractivity contribution in [2.24, 2.45) is 0 Å². The number of rotatable bonds is 6. The molecule has 0 saturated heterocycles. The van der Waals surface area contributed by atoms with Crippen molar-refractivity contribution < 1.29 is 18.7 Å². The van der Waals surface area contributed by atoms with Gasteiger partial charge >= 0.3 is 5.97 Å². The fraction of sp³-hybridized carbons (Fsp3) is 0.0526. The van der Waals surface area contributed by atoms with Gasteiger partial charge in [-0.2, -0.15) is 0 Å². The second kappa shape index (κ2) is 8.55. The molecule has 3 rings (SSSR count). The van der Waals surface area contributed by atoms with E-state index in [1.165, 1.54) is 46.9 Å². The summed E-state index contributed by atoms with van der Waals surface area (Å²) in [5.74, 6) is -1.46. The molecule has 2 heterocycles. The van der Waals surface area contributed by atoms with Crippen molar-refractivity contribution >= 4 is 51.9 Å². The molecule has 0 aliphatic rings. The van der Waals surface area contributed by atoms with Crippen LogP contribution in [0.25, 0.3) is 11.6 Å². The highest BCUT2D eigenvalue weighted by Crippen LogP contribution is 2.25. The van der Waals surface area contributed by atoms with Gasteiger partial charge in [0.05, 0.1) is 5.57 Å². The molecule has 0 bridgehead atoms. The number of thiophene rings is 2. The van der Waals surface area contributed by atoms with Crippen LogP contribution in [0.5, 0.6) is 0 Å². The van der Waals surface area contributed by atoms with E-state index < -0.39 is 24.3 Å². The van der Waals surface area contributed by atoms with Crippen molar-refractivity contribution in [3.05, 3.63) is 74.9 Å². The van der Waals surface area contributed by atoms with Crippen LogP contribution in [0.2, 0.25) is 0 Å². The number of halogens is 1. The Bertz CT molecular complexity index is 901. The lowest BCUT2D eigenvalue weighted by Gasteiger charge is -2.08. The topological polar surface area (TPSA) is 55.4 Å². The first-order chi connectivity index (χ1) is 12.6. The second-order valence-electron chi connectivity index (χ2n) is 5.18. The highest BCUT2D eigenvalue weighted by atomic mass is 32.1. The third kappa shape index (κ3) is 4.87. The molecule has 1 amide bonds. The number of amides is 1. The number of nitrogens with one attached hydrogen (secondary N) is 1. The summed E-state index contributed by atoms with van der Waals surface area (Å²) in [6.45, 7) is -0.427. The summed E-state index contributed by atoms with van der Waals surface area (Å²) in [6.07, 6.45) is 1.75. The maximum absolute atomic E-state index is 12.9. The van der Waals surface area contributed by atoms with Gasteiger partial charge in [-0.15, -0.1) is 22.7 Å². The van der Waals surface area contributed by atoms with Gasteiger partial charge in [0, 0.05) is 15.4 Å². The third-order valence-electron chi connectivity index (χ3n) is 3.30. The summed E-state index contributed by atoms with van der Waals surface area (Å²) in [4.78, 5) is 26.1. The molecule has 0 aliphatic heterocycles. The van der Waals surface area contributed by atoms with Crippen molar-refractivity contribution in [3.63, 3.8) is 0 Å². The van der Waals surface area contributed by atoms with Crippen molar-refractivity contribution in [3.8, 4) is 0 Å². The molecule has 0 fully saturated rings. The van der Waals surface area contributed by atoms with E-state index in [-0.39, 0.29) is 0 Å². The van der Waals surface area contributed by atoms with Crippen molar-refractivity contribution in [2.75, 3.05) is 11.9 Å². The minimum Gasteiger partial charge on any atom is -0.452 e. The number of esters is 1. The summed E-state index contributed by atoms with van der Waals surface area (Å²) in [6, 6.07) is 12.8. The van der Waals surface area contributed by atoms with E-state index in [0.717, 1.165) is 9.75 Å². The summed E-state index contributed by atoms with van der Waals surface area (Å²) < 4.78 is 18.0. The van der Waals surface area contributed by atoms with Gasteiger partial charge in [-0.3, -0.25) is 4.79 Å². The molecule has 2 aromatic heterocycles. The molecule has 1 N–H and O–H groups in total. The monoisotopic (exact) mass is 387 g/mol. The summed E-state index contributed by atoms with van der Waals surface area (Å²) >= 11 is 2.92. The Kier molecular flexibility index (Phi) is 5.93. The Labute approximate surface area is 157 Å². The number of hydrogen-bond acceptors (Lipinski definition) is 5. The Hall–Kier alpha value is -2.77. The van der Waals surface area contributed by atoms with Gasteiger partial charge in [-0.05, 0) is 53.2 Å². The molecule has 4 nitrogen and oxygen atoms in total. The van der Waals surface area contributed by atoms with E-state index in [4.69, 9.17) is 4.74 Å². The summed E-state index contributed by atoms with van der Waals surface area (Å²) in [5, 5.41) is 6.33. The molecule has 0 spiro atoms. The zero-order chi connectivity index (χ0) is 18.4. The zero-order valence-electron chi connectivity index (χ0n) is 13.5. The van der Waals surface area contributed by atoms with Crippen LogP contribution in [0.3, 0.4) is 0 Å². The zero-order valence-corrected chi connectivity index (χ0v) is 15.1. The van der Waals surface area contributed by atoms with Gasteiger partial charge in [0.1, 0.15) is 5.82 Å². The summed E-state index contributed by atoms with van der Waals surface area (Å²) in [5.41, 5.74) is 0.831. The molecule has 0 aliphatic carbocycles. The Morgan fingerprint density at radius 3 is 2.42 bits per heavy atom. The lowest BCUT2D eigenvalue weighted by Crippen LogP contribution is -2.21. The van der Waals surface area contributed by atoms with Crippen LogP contribution in [-0.4, -0.2) is 18.5 Å². The van der Waals surface area contributed by atoms with Crippen molar-refractivity contribution in [2.45, 2.75) is 0 Å². The fourth-order valence-corrected chi connectivity index (χ4v) is 3.50. The second-order valence-corrected chi connectivity index (χ2v) is 7.11. The molecule has 0 saturated carbocycles. The Morgan fingerprint density at radius 1 is 1.04 bits per heavy atom. The van der Waals surface area contributed by atoms with Crippen LogP contribution in [-0.2, 0) is 14.3 Å². The van der Waals surface area contributed by atoms with Gasteiger partial charge in [-0.1, -0.05) is 12.1 Å². The van der Waals surface area contributed by atoms with Crippen molar-refractivity contribution in [1.82, 2.24) is 0 Å². The molecule has 0 unspecified atom stereocenters. The third-order valence-corrected chi connectivity index (χ3v) is 5.02. The predicted molar refractivity (Wildman–Crippen MR) is 102 cm³/mol. The maximum Gasteiger partial charge on any atom is 0.340 e. The van der Waals surface area contributed by atoms with Gasteiger partial charge in [0.15, 0.2) is 6.61 Å². The van der Waals surface area contributed by atoms with E-state index >= 15 is 0 Å². The van der Waals surface area contributed by atoms with Crippen molar-refractivity contribution in [1.29, 1.82) is 0 Å². The Balaban J connectivity index is 1.64. The van der Waals surface area contributed by atoms with E-state index in [2.05, 4.69) is 5.32 Å². The predicted octanol–water partition coefficient (Wildman–Crippen LogP) is 4.67. The quantitative estimate of drug-likeness (QED) is 0.494. The van der Waals surface area contributed by atoms with E-state index in [1.807, 2.05) is 35.0 Å². The van der Waals surface area contributed by atoms with Crippen LogP contribution in [0.15, 0.2) is 59.3 Å². The highest BCUT2D eigenvalue weighted by Gasteiger charge is 2.17. The van der Waals surface area contributed by atoms with Crippen LogP contribution in [0, 0.1) is 5.82 Å². The molecular formula is C19H14FNO3S2. The standard InChI is InChI=1S/C19H14FNO3S2/c20-13-5-7-14(8-6-13)21-18(22)12-24-19(23)16(17-4-2-10-26-17)11-15-3-1-9-25-15/h1-11H,12H2,(H,21,22)/b16-11+. The van der Waals surface area contributed by atoms with E-state index in [0.29, 0.717) is 11.3 Å². The lowest BCUT2D eigenvalue weighted by atomic mass is 10.2. The summed E-state index contributed by atoms with van der Waals surface area (Å²) in [7, 11) is 0. The van der Waals surface area contributed by atoms with E-state index in [9.17, 15) is 14.0 Å². The molecule has 1 aromatic carbocycles. The highest BCUT2D eigenvalue weighted by molar-refractivity contribution is 7.12. The molecule has 0 atom stereocenters. The number of benzene rings is 1. The van der Waals surface area contributed by atoms with E-state index in [1.54, 1.807) is 6.08 Å². The first-order valence-corrected chi connectivity index (χ1v) is 9.39. The van der Waals surface area contributed by atoms with Crippen LogP contribution in [0.4, 0.5) is 10.1 Å². The molecule has 26 heavy (non-hydrogen) atoms. The Morgan fingerprint density at radius 2 is 1.77 bits per heavy atom. The minimum atomic E-state index is -0.574. The number of ether oxygens (including phenoxy) is 1. The molecular weight excluding hydrogens is 373 g/mol. The lowest BCUT2D eigenvalue weighted by molar-refractivity contribution is -0.141. The number of carbonyl (C=O) groups excluding carboxylic acids is 2.